The fraction of sp³-hybridized carbons (Fsp3) is 0.333. The Morgan fingerprint density at radius 2 is 2.19 bits per heavy atom. The van der Waals surface area contributed by atoms with Crippen molar-refractivity contribution in [3.05, 3.63) is 46.5 Å². The number of hydrogen-bond acceptors (Lipinski definition) is 3. The van der Waals surface area contributed by atoms with E-state index in [1.54, 1.807) is 0 Å². The molecule has 21 heavy (non-hydrogen) atoms. The molecule has 1 amide bonds. The van der Waals surface area contributed by atoms with Crippen LogP contribution in [-0.2, 0) is 6.42 Å². The predicted octanol–water partition coefficient (Wildman–Crippen LogP) is 2.28. The molecule has 0 aliphatic rings. The molecule has 6 heteroatoms. The fourth-order valence-corrected chi connectivity index (χ4v) is 2.14. The number of amides is 1. The number of carbonyl (C=O) groups excluding carboxylic acids is 1. The Hall–Kier alpha value is -2.37. The molecule has 5 nitrogen and oxygen atoms in total. The van der Waals surface area contributed by atoms with Gasteiger partial charge in [-0.3, -0.25) is 9.89 Å². The number of hydrogen-bond donors (Lipinski definition) is 2. The van der Waals surface area contributed by atoms with Crippen LogP contribution < -0.4 is 10.5 Å². The van der Waals surface area contributed by atoms with Crippen molar-refractivity contribution in [1.82, 2.24) is 10.2 Å². The first kappa shape index (κ1) is 15.0. The van der Waals surface area contributed by atoms with Gasteiger partial charge in [0.2, 0.25) is 5.91 Å². The van der Waals surface area contributed by atoms with Crippen LogP contribution in [0.5, 0.6) is 5.75 Å². The van der Waals surface area contributed by atoms with Gasteiger partial charge in [-0.15, -0.1) is 0 Å². The Bertz CT molecular complexity index is 633. The van der Waals surface area contributed by atoms with Crippen LogP contribution in [0.3, 0.4) is 0 Å². The second-order valence-electron chi connectivity index (χ2n) is 4.87. The summed E-state index contributed by atoms with van der Waals surface area (Å²) in [4.78, 5) is 11.1. The molecule has 0 saturated heterocycles. The number of halogens is 1. The van der Waals surface area contributed by atoms with E-state index in [2.05, 4.69) is 10.2 Å². The SMILES string of the molecule is Cc1n[nH]c(C)c1CCCOc1cc(C(N)=O)ccc1F. The molecule has 0 aliphatic heterocycles. The first-order chi connectivity index (χ1) is 9.99. The lowest BCUT2D eigenvalue weighted by molar-refractivity contribution is 0.0999. The maximum absolute atomic E-state index is 13.6. The van der Waals surface area contributed by atoms with Gasteiger partial charge >= 0.3 is 0 Å². The van der Waals surface area contributed by atoms with Crippen LogP contribution in [0.2, 0.25) is 0 Å². The van der Waals surface area contributed by atoms with Crippen molar-refractivity contribution >= 4 is 5.91 Å². The predicted molar refractivity (Wildman–Crippen MR) is 76.8 cm³/mol. The van der Waals surface area contributed by atoms with Gasteiger partial charge in [-0.2, -0.15) is 5.10 Å². The number of ether oxygens (including phenoxy) is 1. The number of nitrogens with one attached hydrogen (secondary N) is 1. The molecule has 0 atom stereocenters. The molecule has 1 aromatic carbocycles. The van der Waals surface area contributed by atoms with Crippen molar-refractivity contribution in [2.75, 3.05) is 6.61 Å². The Morgan fingerprint density at radius 3 is 2.81 bits per heavy atom. The number of benzene rings is 1. The van der Waals surface area contributed by atoms with Crippen LogP contribution in [0.1, 0.15) is 33.7 Å². The minimum absolute atomic E-state index is 0.0481. The lowest BCUT2D eigenvalue weighted by atomic mass is 10.1. The second-order valence-corrected chi connectivity index (χ2v) is 4.87. The molecular formula is C15H18FN3O2. The summed E-state index contributed by atoms with van der Waals surface area (Å²) in [5.41, 5.74) is 8.55. The minimum Gasteiger partial charge on any atom is -0.490 e. The maximum Gasteiger partial charge on any atom is 0.248 e. The van der Waals surface area contributed by atoms with E-state index in [0.717, 1.165) is 29.8 Å². The summed E-state index contributed by atoms with van der Waals surface area (Å²) in [7, 11) is 0. The van der Waals surface area contributed by atoms with Crippen LogP contribution in [-0.4, -0.2) is 22.7 Å². The first-order valence-corrected chi connectivity index (χ1v) is 6.71. The Labute approximate surface area is 122 Å². The van der Waals surface area contributed by atoms with Gasteiger partial charge in [-0.25, -0.2) is 4.39 Å². The molecule has 0 unspecified atom stereocenters. The number of aromatic amines is 1. The third-order valence-corrected chi connectivity index (χ3v) is 3.33. The molecular weight excluding hydrogens is 273 g/mol. The van der Waals surface area contributed by atoms with Crippen molar-refractivity contribution in [1.29, 1.82) is 0 Å². The maximum atomic E-state index is 13.6. The Balaban J connectivity index is 1.92. The molecule has 112 valence electrons. The average molecular weight is 291 g/mol. The zero-order valence-corrected chi connectivity index (χ0v) is 12.1. The number of nitrogens with two attached hydrogens (primary N) is 1. The number of rotatable bonds is 6. The van der Waals surface area contributed by atoms with Crippen LogP contribution >= 0.6 is 0 Å². The summed E-state index contributed by atoms with van der Waals surface area (Å²) in [5, 5.41) is 7.04. The van der Waals surface area contributed by atoms with Gasteiger partial charge < -0.3 is 10.5 Å². The Morgan fingerprint density at radius 1 is 1.43 bits per heavy atom. The summed E-state index contributed by atoms with van der Waals surface area (Å²) in [6, 6.07) is 3.84. The van der Waals surface area contributed by atoms with Crippen molar-refractivity contribution in [3.8, 4) is 5.75 Å². The summed E-state index contributed by atoms with van der Waals surface area (Å²) in [6.45, 7) is 4.26. The van der Waals surface area contributed by atoms with E-state index in [1.165, 1.54) is 18.2 Å². The molecule has 1 aromatic heterocycles. The van der Waals surface area contributed by atoms with Crippen LogP contribution in [0.25, 0.3) is 0 Å². The largest absolute Gasteiger partial charge is 0.490 e. The monoisotopic (exact) mass is 291 g/mol. The van der Waals surface area contributed by atoms with Crippen molar-refractivity contribution in [2.45, 2.75) is 26.7 Å². The lowest BCUT2D eigenvalue weighted by Gasteiger charge is -2.08. The summed E-state index contributed by atoms with van der Waals surface area (Å²) >= 11 is 0. The number of nitrogens with zero attached hydrogens (tertiary/aromatic N) is 1. The molecule has 0 saturated carbocycles. The van der Waals surface area contributed by atoms with Crippen molar-refractivity contribution < 1.29 is 13.9 Å². The highest BCUT2D eigenvalue weighted by Gasteiger charge is 2.09. The number of carbonyl (C=O) groups is 1. The highest BCUT2D eigenvalue weighted by atomic mass is 19.1. The van der Waals surface area contributed by atoms with E-state index in [1.807, 2.05) is 13.8 Å². The van der Waals surface area contributed by atoms with Crippen LogP contribution in [0, 0.1) is 19.7 Å². The lowest BCUT2D eigenvalue weighted by Crippen LogP contribution is -2.11. The van der Waals surface area contributed by atoms with Gasteiger partial charge in [-0.1, -0.05) is 0 Å². The molecule has 0 radical (unpaired) electrons. The quantitative estimate of drug-likeness (QED) is 0.801. The summed E-state index contributed by atoms with van der Waals surface area (Å²) in [5.74, 6) is -1.06. The zero-order chi connectivity index (χ0) is 15.4. The number of H-pyrrole nitrogens is 1. The topological polar surface area (TPSA) is 81.0 Å². The van der Waals surface area contributed by atoms with Gasteiger partial charge in [0.15, 0.2) is 11.6 Å². The van der Waals surface area contributed by atoms with E-state index in [-0.39, 0.29) is 11.3 Å². The average Bonchev–Trinajstić information content (AvgIpc) is 2.76. The highest BCUT2D eigenvalue weighted by molar-refractivity contribution is 5.93. The number of aryl methyl sites for hydroxylation is 2. The minimum atomic E-state index is -0.607. The van der Waals surface area contributed by atoms with Gasteiger partial charge in [0.1, 0.15) is 0 Å². The van der Waals surface area contributed by atoms with Crippen LogP contribution in [0.15, 0.2) is 18.2 Å². The van der Waals surface area contributed by atoms with Gasteiger partial charge in [0, 0.05) is 11.3 Å². The second kappa shape index (κ2) is 6.39. The zero-order valence-electron chi connectivity index (χ0n) is 12.1. The van der Waals surface area contributed by atoms with Crippen molar-refractivity contribution in [2.24, 2.45) is 5.73 Å². The van der Waals surface area contributed by atoms with Gasteiger partial charge in [-0.05, 0) is 50.5 Å². The normalized spacial score (nSPS) is 10.6. The molecule has 2 rings (SSSR count). The van der Waals surface area contributed by atoms with E-state index in [4.69, 9.17) is 10.5 Å². The number of aromatic nitrogens is 2. The first-order valence-electron chi connectivity index (χ1n) is 6.71. The molecule has 0 spiro atoms. The summed E-state index contributed by atoms with van der Waals surface area (Å²) < 4.78 is 19.0. The van der Waals surface area contributed by atoms with E-state index in [9.17, 15) is 9.18 Å². The fourth-order valence-electron chi connectivity index (χ4n) is 2.14. The van der Waals surface area contributed by atoms with E-state index < -0.39 is 11.7 Å². The molecule has 2 aromatic rings. The standard InChI is InChI=1S/C15H18FN3O2/c1-9-12(10(2)19-18-9)4-3-7-21-14-8-11(15(17)20)5-6-13(14)16/h5-6,8H,3-4,7H2,1-2H3,(H2,17,20)(H,18,19). The van der Waals surface area contributed by atoms with E-state index in [0.29, 0.717) is 6.61 Å². The highest BCUT2D eigenvalue weighted by Crippen LogP contribution is 2.19. The van der Waals surface area contributed by atoms with Crippen molar-refractivity contribution in [3.63, 3.8) is 0 Å². The number of primary amides is 1. The Kier molecular flexibility index (Phi) is 4.57. The molecule has 3 N–H and O–H groups in total. The molecule has 0 aliphatic carbocycles. The third kappa shape index (κ3) is 3.59. The molecule has 1 heterocycles. The summed E-state index contributed by atoms with van der Waals surface area (Å²) in [6.07, 6.45) is 1.52. The van der Waals surface area contributed by atoms with E-state index >= 15 is 0 Å². The smallest absolute Gasteiger partial charge is 0.248 e. The van der Waals surface area contributed by atoms with Gasteiger partial charge in [0.25, 0.3) is 0 Å². The van der Waals surface area contributed by atoms with Crippen LogP contribution in [0.4, 0.5) is 4.39 Å². The third-order valence-electron chi connectivity index (χ3n) is 3.33. The molecule has 0 bridgehead atoms. The van der Waals surface area contributed by atoms with Gasteiger partial charge in [0.05, 0.1) is 12.3 Å². The molecule has 0 fully saturated rings.